The van der Waals surface area contributed by atoms with E-state index >= 15 is 0 Å². The molecule has 1 heterocycles. The Labute approximate surface area is 109 Å². The number of rotatable bonds is 8. The lowest BCUT2D eigenvalue weighted by Crippen LogP contribution is -2.11. The van der Waals surface area contributed by atoms with Gasteiger partial charge >= 0.3 is 0 Å². The van der Waals surface area contributed by atoms with Crippen LogP contribution in [0.25, 0.3) is 0 Å². The maximum Gasteiger partial charge on any atom is 0.135 e. The summed E-state index contributed by atoms with van der Waals surface area (Å²) >= 11 is 0. The fourth-order valence-electron chi connectivity index (χ4n) is 1.45. The van der Waals surface area contributed by atoms with Crippen LogP contribution in [0, 0.1) is 0 Å². The van der Waals surface area contributed by atoms with E-state index in [-0.39, 0.29) is 6.61 Å². The van der Waals surface area contributed by atoms with Gasteiger partial charge in [0.15, 0.2) is 0 Å². The van der Waals surface area contributed by atoms with E-state index in [4.69, 9.17) is 5.11 Å². The Morgan fingerprint density at radius 1 is 1.17 bits per heavy atom. The highest BCUT2D eigenvalue weighted by molar-refractivity contribution is 5.47. The van der Waals surface area contributed by atoms with E-state index in [9.17, 15) is 0 Å². The Balaban J connectivity index is 2.77. The Bertz CT molecular complexity index is 355. The molecular weight excluding hydrogens is 228 g/mol. The zero-order valence-electron chi connectivity index (χ0n) is 11.5. The molecule has 0 radical (unpaired) electrons. The lowest BCUT2D eigenvalue weighted by atomic mass is 10.2. The molecule has 0 unspecified atom stereocenters. The van der Waals surface area contributed by atoms with Gasteiger partial charge in [-0.1, -0.05) is 20.8 Å². The number of aliphatic hydroxyl groups is 1. The number of anilines is 2. The highest BCUT2D eigenvalue weighted by Crippen LogP contribution is 2.16. The third kappa shape index (κ3) is 4.87. The molecule has 0 fully saturated rings. The van der Waals surface area contributed by atoms with Crippen LogP contribution in [-0.4, -0.2) is 34.8 Å². The average molecular weight is 252 g/mol. The summed E-state index contributed by atoms with van der Waals surface area (Å²) in [6.07, 6.45) is 1.78. The summed E-state index contributed by atoms with van der Waals surface area (Å²) in [5, 5.41) is 15.3. The number of hydrogen-bond donors (Lipinski definition) is 3. The SMILES string of the molecule is CCCNc1cc(NCCCO)nc(C(C)C)n1. The molecule has 18 heavy (non-hydrogen) atoms. The molecule has 5 nitrogen and oxygen atoms in total. The van der Waals surface area contributed by atoms with Crippen LogP contribution >= 0.6 is 0 Å². The van der Waals surface area contributed by atoms with E-state index in [1.165, 1.54) is 0 Å². The van der Waals surface area contributed by atoms with E-state index in [2.05, 4.69) is 41.4 Å². The molecule has 0 aliphatic carbocycles. The van der Waals surface area contributed by atoms with Gasteiger partial charge in [0.05, 0.1) is 0 Å². The smallest absolute Gasteiger partial charge is 0.135 e. The first kappa shape index (κ1) is 14.7. The van der Waals surface area contributed by atoms with E-state index < -0.39 is 0 Å². The molecule has 0 aromatic carbocycles. The number of hydrogen-bond acceptors (Lipinski definition) is 5. The fourth-order valence-corrected chi connectivity index (χ4v) is 1.45. The maximum atomic E-state index is 8.77. The van der Waals surface area contributed by atoms with Gasteiger partial charge in [-0.05, 0) is 12.8 Å². The normalized spacial score (nSPS) is 10.7. The van der Waals surface area contributed by atoms with Gasteiger partial charge in [-0.25, -0.2) is 9.97 Å². The topological polar surface area (TPSA) is 70.1 Å². The second-order valence-corrected chi connectivity index (χ2v) is 4.58. The summed E-state index contributed by atoms with van der Waals surface area (Å²) in [6.45, 7) is 8.10. The Morgan fingerprint density at radius 3 is 2.28 bits per heavy atom. The van der Waals surface area contributed by atoms with Crippen LogP contribution in [0.1, 0.15) is 45.4 Å². The lowest BCUT2D eigenvalue weighted by Gasteiger charge is -2.12. The second kappa shape index (κ2) is 7.87. The molecular formula is C13H24N4O. The molecule has 1 rings (SSSR count). The summed E-state index contributed by atoms with van der Waals surface area (Å²) in [6, 6.07) is 1.92. The van der Waals surface area contributed by atoms with Crippen molar-refractivity contribution in [2.24, 2.45) is 0 Å². The predicted octanol–water partition coefficient (Wildman–Crippen LogP) is 2.22. The van der Waals surface area contributed by atoms with Gasteiger partial charge in [-0.15, -0.1) is 0 Å². The van der Waals surface area contributed by atoms with E-state index in [0.717, 1.165) is 43.4 Å². The summed E-state index contributed by atoms with van der Waals surface area (Å²) in [5.41, 5.74) is 0. The van der Waals surface area contributed by atoms with Crippen molar-refractivity contribution in [1.82, 2.24) is 9.97 Å². The standard InChI is InChI=1S/C13H24N4O/c1-4-6-14-11-9-12(15-7-5-8-18)17-13(16-11)10(2)3/h9-10,18H,4-8H2,1-3H3,(H2,14,15,16,17). The molecule has 3 N–H and O–H groups in total. The van der Waals surface area contributed by atoms with Crippen LogP contribution in [0.2, 0.25) is 0 Å². The second-order valence-electron chi connectivity index (χ2n) is 4.58. The summed E-state index contributed by atoms with van der Waals surface area (Å²) in [5.74, 6) is 2.82. The molecule has 1 aromatic rings. The minimum Gasteiger partial charge on any atom is -0.396 e. The minimum absolute atomic E-state index is 0.191. The molecule has 0 atom stereocenters. The van der Waals surface area contributed by atoms with E-state index in [1.807, 2.05) is 6.07 Å². The highest BCUT2D eigenvalue weighted by Gasteiger charge is 2.07. The van der Waals surface area contributed by atoms with Crippen molar-refractivity contribution < 1.29 is 5.11 Å². The first-order chi connectivity index (χ1) is 8.67. The molecule has 1 aromatic heterocycles. The van der Waals surface area contributed by atoms with Gasteiger partial charge in [0.1, 0.15) is 17.5 Å². The van der Waals surface area contributed by atoms with Crippen molar-refractivity contribution in [3.8, 4) is 0 Å². The monoisotopic (exact) mass is 252 g/mol. The van der Waals surface area contributed by atoms with Crippen LogP contribution in [0.5, 0.6) is 0 Å². The highest BCUT2D eigenvalue weighted by atomic mass is 16.3. The molecule has 0 saturated carbocycles. The Hall–Kier alpha value is -1.36. The lowest BCUT2D eigenvalue weighted by molar-refractivity contribution is 0.292. The third-order valence-corrected chi connectivity index (χ3v) is 2.46. The van der Waals surface area contributed by atoms with Gasteiger partial charge in [-0.3, -0.25) is 0 Å². The van der Waals surface area contributed by atoms with Crippen molar-refractivity contribution in [3.63, 3.8) is 0 Å². The maximum absolute atomic E-state index is 8.77. The summed E-state index contributed by atoms with van der Waals surface area (Å²) in [7, 11) is 0. The molecule has 0 bridgehead atoms. The quantitative estimate of drug-likeness (QED) is 0.619. The van der Waals surface area contributed by atoms with Gasteiger partial charge < -0.3 is 15.7 Å². The van der Waals surface area contributed by atoms with Crippen LogP contribution < -0.4 is 10.6 Å². The first-order valence-corrected chi connectivity index (χ1v) is 6.65. The number of nitrogens with zero attached hydrogens (tertiary/aromatic N) is 2. The van der Waals surface area contributed by atoms with Crippen LogP contribution in [0.3, 0.4) is 0 Å². The Morgan fingerprint density at radius 2 is 1.78 bits per heavy atom. The number of aliphatic hydroxyl groups excluding tert-OH is 1. The predicted molar refractivity (Wildman–Crippen MR) is 75.1 cm³/mol. The average Bonchev–Trinajstić information content (AvgIpc) is 2.36. The zero-order chi connectivity index (χ0) is 13.4. The van der Waals surface area contributed by atoms with Crippen molar-refractivity contribution >= 4 is 11.6 Å². The molecule has 0 aliphatic heterocycles. The van der Waals surface area contributed by atoms with Crippen LogP contribution in [0.4, 0.5) is 11.6 Å². The number of nitrogens with one attached hydrogen (secondary N) is 2. The fraction of sp³-hybridized carbons (Fsp3) is 0.692. The first-order valence-electron chi connectivity index (χ1n) is 6.65. The molecule has 0 amide bonds. The summed E-state index contributed by atoms with van der Waals surface area (Å²) < 4.78 is 0. The van der Waals surface area contributed by atoms with Crippen molar-refractivity contribution in [2.75, 3.05) is 30.3 Å². The Kier molecular flexibility index (Phi) is 6.43. The van der Waals surface area contributed by atoms with Gasteiger partial charge in [0.25, 0.3) is 0 Å². The molecule has 5 heteroatoms. The van der Waals surface area contributed by atoms with Gasteiger partial charge in [0, 0.05) is 31.7 Å². The van der Waals surface area contributed by atoms with Crippen LogP contribution in [-0.2, 0) is 0 Å². The van der Waals surface area contributed by atoms with Gasteiger partial charge in [0.2, 0.25) is 0 Å². The molecule has 0 spiro atoms. The zero-order valence-corrected chi connectivity index (χ0v) is 11.5. The van der Waals surface area contributed by atoms with E-state index in [0.29, 0.717) is 5.92 Å². The molecule has 0 aliphatic rings. The van der Waals surface area contributed by atoms with Gasteiger partial charge in [-0.2, -0.15) is 0 Å². The minimum atomic E-state index is 0.191. The molecule has 0 saturated heterocycles. The van der Waals surface area contributed by atoms with E-state index in [1.54, 1.807) is 0 Å². The number of aromatic nitrogens is 2. The largest absolute Gasteiger partial charge is 0.396 e. The van der Waals surface area contributed by atoms with Crippen molar-refractivity contribution in [1.29, 1.82) is 0 Å². The van der Waals surface area contributed by atoms with Crippen molar-refractivity contribution in [3.05, 3.63) is 11.9 Å². The van der Waals surface area contributed by atoms with Crippen LogP contribution in [0.15, 0.2) is 6.07 Å². The third-order valence-electron chi connectivity index (χ3n) is 2.46. The van der Waals surface area contributed by atoms with Crippen molar-refractivity contribution in [2.45, 2.75) is 39.5 Å². The molecule has 102 valence electrons. The summed E-state index contributed by atoms with van der Waals surface area (Å²) in [4.78, 5) is 8.96.